The maximum Gasteiger partial charge on any atom is 0.118 e. The molecule has 0 unspecified atom stereocenters. The Morgan fingerprint density at radius 2 is 1.80 bits per heavy atom. The molecule has 0 aromatic heterocycles. The van der Waals surface area contributed by atoms with Crippen LogP contribution in [0.25, 0.3) is 0 Å². The van der Waals surface area contributed by atoms with Crippen molar-refractivity contribution in [1.82, 2.24) is 5.32 Å². The molecule has 0 atom stereocenters. The van der Waals surface area contributed by atoms with Crippen LogP contribution in [0.2, 0.25) is 5.02 Å². The Labute approximate surface area is 135 Å². The van der Waals surface area contributed by atoms with Gasteiger partial charge < -0.3 is 10.1 Å². The monoisotopic (exact) mass is 355 g/mol. The van der Waals surface area contributed by atoms with Gasteiger partial charge in [0.05, 0.1) is 7.11 Å². The maximum absolute atomic E-state index is 5.94. The van der Waals surface area contributed by atoms with Crippen molar-refractivity contribution in [3.8, 4) is 5.75 Å². The molecule has 0 heterocycles. The van der Waals surface area contributed by atoms with Crippen LogP contribution in [-0.2, 0) is 13.0 Å². The van der Waals surface area contributed by atoms with Gasteiger partial charge in [-0.3, -0.25) is 0 Å². The zero-order valence-corrected chi connectivity index (χ0v) is 13.9. The predicted octanol–water partition coefficient (Wildman–Crippen LogP) is 4.26. The molecule has 2 nitrogen and oxygen atoms in total. The molecule has 2 aromatic rings. The Morgan fingerprint density at radius 3 is 2.45 bits per heavy atom. The molecule has 4 heteroatoms. The van der Waals surface area contributed by atoms with Gasteiger partial charge >= 0.3 is 0 Å². The number of hydrogen-bond donors (Lipinski definition) is 1. The Balaban J connectivity index is 0.00000200. The average molecular weight is 357 g/mol. The lowest BCUT2D eigenvalue weighted by Crippen LogP contribution is -2.16. The number of hydrogen-bond acceptors (Lipinski definition) is 2. The molecule has 0 radical (unpaired) electrons. The lowest BCUT2D eigenvalue weighted by molar-refractivity contribution is 0.414. The van der Waals surface area contributed by atoms with E-state index >= 15 is 0 Å². The number of methoxy groups -OCH3 is 1. The second kappa shape index (κ2) is 9.01. The van der Waals surface area contributed by atoms with Gasteiger partial charge in [-0.15, -0.1) is 17.0 Å². The molecule has 0 saturated heterocycles. The van der Waals surface area contributed by atoms with E-state index in [0.29, 0.717) is 0 Å². The van der Waals surface area contributed by atoms with E-state index in [1.807, 2.05) is 30.3 Å². The molecule has 0 saturated carbocycles. The molecular formula is C16H19BrClNO. The van der Waals surface area contributed by atoms with E-state index in [0.717, 1.165) is 30.3 Å². The van der Waals surface area contributed by atoms with Crippen molar-refractivity contribution in [2.45, 2.75) is 13.0 Å². The summed E-state index contributed by atoms with van der Waals surface area (Å²) in [6.07, 6.45) is 1.00. The lowest BCUT2D eigenvalue weighted by atomic mass is 10.1. The van der Waals surface area contributed by atoms with Crippen molar-refractivity contribution in [3.05, 3.63) is 64.7 Å². The molecule has 2 rings (SSSR count). The van der Waals surface area contributed by atoms with Gasteiger partial charge in [-0.25, -0.2) is 0 Å². The first-order valence-corrected chi connectivity index (χ1v) is 6.74. The van der Waals surface area contributed by atoms with Crippen LogP contribution in [0, 0.1) is 0 Å². The lowest BCUT2D eigenvalue weighted by Gasteiger charge is -2.06. The summed E-state index contributed by atoms with van der Waals surface area (Å²) in [6, 6.07) is 16.1. The largest absolute Gasteiger partial charge is 0.497 e. The minimum atomic E-state index is 0. The van der Waals surface area contributed by atoms with Gasteiger partial charge in [0.25, 0.3) is 0 Å². The number of rotatable bonds is 6. The van der Waals surface area contributed by atoms with Crippen LogP contribution in [0.4, 0.5) is 0 Å². The van der Waals surface area contributed by atoms with Crippen LogP contribution in [0.3, 0.4) is 0 Å². The van der Waals surface area contributed by atoms with E-state index in [9.17, 15) is 0 Å². The summed E-state index contributed by atoms with van der Waals surface area (Å²) in [4.78, 5) is 0. The minimum Gasteiger partial charge on any atom is -0.497 e. The summed E-state index contributed by atoms with van der Waals surface area (Å²) < 4.78 is 5.14. The highest BCUT2D eigenvalue weighted by Gasteiger charge is 1.96. The topological polar surface area (TPSA) is 21.3 Å². The second-order valence-corrected chi connectivity index (χ2v) is 4.84. The number of ether oxygens (including phenoxy) is 1. The van der Waals surface area contributed by atoms with Crippen molar-refractivity contribution in [3.63, 3.8) is 0 Å². The Morgan fingerprint density at radius 1 is 1.05 bits per heavy atom. The molecule has 2 aromatic carbocycles. The Kier molecular flexibility index (Phi) is 7.67. The summed E-state index contributed by atoms with van der Waals surface area (Å²) in [5, 5.41) is 4.20. The first-order valence-electron chi connectivity index (χ1n) is 6.36. The van der Waals surface area contributed by atoms with Crippen LogP contribution < -0.4 is 10.1 Å². The van der Waals surface area contributed by atoms with E-state index in [-0.39, 0.29) is 17.0 Å². The van der Waals surface area contributed by atoms with Crippen LogP contribution in [0.5, 0.6) is 5.75 Å². The van der Waals surface area contributed by atoms with E-state index in [4.69, 9.17) is 16.3 Å². The zero-order chi connectivity index (χ0) is 13.5. The number of benzene rings is 2. The standard InChI is InChI=1S/C16H18ClNO.BrH/c1-19-16-7-5-13(6-8-16)9-10-18-12-14-3-2-4-15(17)11-14;/h2-8,11,18H,9-10,12H2,1H3;1H. The van der Waals surface area contributed by atoms with Gasteiger partial charge in [-0.05, 0) is 48.4 Å². The highest BCUT2D eigenvalue weighted by atomic mass is 79.9. The van der Waals surface area contributed by atoms with E-state index in [2.05, 4.69) is 23.5 Å². The predicted molar refractivity (Wildman–Crippen MR) is 90.2 cm³/mol. The maximum atomic E-state index is 5.94. The fourth-order valence-corrected chi connectivity index (χ4v) is 2.12. The van der Waals surface area contributed by atoms with Gasteiger partial charge in [0, 0.05) is 11.6 Å². The van der Waals surface area contributed by atoms with Gasteiger partial charge in [0.15, 0.2) is 0 Å². The van der Waals surface area contributed by atoms with Gasteiger partial charge in [-0.1, -0.05) is 35.9 Å². The van der Waals surface area contributed by atoms with E-state index < -0.39 is 0 Å². The summed E-state index contributed by atoms with van der Waals surface area (Å²) in [5.41, 5.74) is 2.52. The van der Waals surface area contributed by atoms with Crippen LogP contribution in [0.15, 0.2) is 48.5 Å². The smallest absolute Gasteiger partial charge is 0.118 e. The van der Waals surface area contributed by atoms with Crippen LogP contribution in [0.1, 0.15) is 11.1 Å². The summed E-state index contributed by atoms with van der Waals surface area (Å²) in [5.74, 6) is 0.899. The zero-order valence-electron chi connectivity index (χ0n) is 11.4. The van der Waals surface area contributed by atoms with Gasteiger partial charge in [0.1, 0.15) is 5.75 Å². The SMILES string of the molecule is Br.COc1ccc(CCNCc2cccc(Cl)c2)cc1. The van der Waals surface area contributed by atoms with Crippen LogP contribution >= 0.6 is 28.6 Å². The molecule has 0 aliphatic carbocycles. The third-order valence-electron chi connectivity index (χ3n) is 2.97. The van der Waals surface area contributed by atoms with Crippen molar-refractivity contribution in [1.29, 1.82) is 0 Å². The van der Waals surface area contributed by atoms with Crippen molar-refractivity contribution in [2.75, 3.05) is 13.7 Å². The highest BCUT2D eigenvalue weighted by Crippen LogP contribution is 2.12. The number of halogens is 2. The number of nitrogens with one attached hydrogen (secondary N) is 1. The average Bonchev–Trinajstić information content (AvgIpc) is 2.44. The fourth-order valence-electron chi connectivity index (χ4n) is 1.90. The summed E-state index contributed by atoms with van der Waals surface area (Å²) in [6.45, 7) is 1.79. The molecule has 108 valence electrons. The summed E-state index contributed by atoms with van der Waals surface area (Å²) in [7, 11) is 1.68. The molecule has 0 bridgehead atoms. The molecule has 0 fully saturated rings. The van der Waals surface area contributed by atoms with Crippen molar-refractivity contribution < 1.29 is 4.74 Å². The molecular weight excluding hydrogens is 338 g/mol. The van der Waals surface area contributed by atoms with E-state index in [1.54, 1.807) is 7.11 Å². The second-order valence-electron chi connectivity index (χ2n) is 4.40. The minimum absolute atomic E-state index is 0. The third kappa shape index (κ3) is 5.53. The highest BCUT2D eigenvalue weighted by molar-refractivity contribution is 8.93. The fraction of sp³-hybridized carbons (Fsp3) is 0.250. The quantitative estimate of drug-likeness (QED) is 0.781. The molecule has 0 aliphatic heterocycles. The van der Waals surface area contributed by atoms with Crippen molar-refractivity contribution >= 4 is 28.6 Å². The normalized spacial score (nSPS) is 9.90. The first kappa shape index (κ1) is 17.0. The summed E-state index contributed by atoms with van der Waals surface area (Å²) >= 11 is 5.94. The molecule has 0 amide bonds. The van der Waals surface area contributed by atoms with E-state index in [1.165, 1.54) is 11.1 Å². The molecule has 0 spiro atoms. The Hall–Kier alpha value is -1.03. The molecule has 20 heavy (non-hydrogen) atoms. The van der Waals surface area contributed by atoms with Gasteiger partial charge in [-0.2, -0.15) is 0 Å². The molecule has 1 N–H and O–H groups in total. The third-order valence-corrected chi connectivity index (χ3v) is 3.20. The molecule has 0 aliphatic rings. The van der Waals surface area contributed by atoms with Gasteiger partial charge in [0.2, 0.25) is 0 Å². The Bertz CT molecular complexity index is 516. The van der Waals surface area contributed by atoms with Crippen molar-refractivity contribution in [2.24, 2.45) is 0 Å². The van der Waals surface area contributed by atoms with Crippen LogP contribution in [-0.4, -0.2) is 13.7 Å². The first-order chi connectivity index (χ1) is 9.28.